The van der Waals surface area contributed by atoms with E-state index < -0.39 is 6.10 Å². The lowest BCUT2D eigenvalue weighted by molar-refractivity contribution is -0.122. The van der Waals surface area contributed by atoms with E-state index in [1.165, 1.54) is 11.3 Å². The highest BCUT2D eigenvalue weighted by Gasteiger charge is 2.24. The van der Waals surface area contributed by atoms with Crippen molar-refractivity contribution in [2.75, 3.05) is 10.6 Å². The summed E-state index contributed by atoms with van der Waals surface area (Å²) in [5, 5.41) is 6.48. The Balaban J connectivity index is 1.61. The number of carbonyl (C=O) groups excluding carboxylic acids is 2. The SMILES string of the molecule is Cc1nc(-c2ccccc2)c(C(=O)Nc2ccc3c(c2)NC(=O)[C@@H](C)O3)s1. The van der Waals surface area contributed by atoms with E-state index in [4.69, 9.17) is 4.74 Å². The fourth-order valence-electron chi connectivity index (χ4n) is 2.85. The zero-order chi connectivity index (χ0) is 19.0. The highest BCUT2D eigenvalue weighted by Crippen LogP contribution is 2.33. The number of thiazole rings is 1. The maximum Gasteiger partial charge on any atom is 0.268 e. The summed E-state index contributed by atoms with van der Waals surface area (Å²) >= 11 is 1.35. The molecule has 0 spiro atoms. The van der Waals surface area contributed by atoms with Crippen molar-refractivity contribution in [3.05, 3.63) is 58.4 Å². The van der Waals surface area contributed by atoms with E-state index in [-0.39, 0.29) is 11.8 Å². The molecule has 2 aromatic carbocycles. The van der Waals surface area contributed by atoms with Crippen LogP contribution < -0.4 is 15.4 Å². The maximum absolute atomic E-state index is 12.8. The second-order valence-electron chi connectivity index (χ2n) is 6.19. The predicted octanol–water partition coefficient (Wildman–Crippen LogP) is 4.09. The number of amides is 2. The molecule has 2 N–H and O–H groups in total. The fourth-order valence-corrected chi connectivity index (χ4v) is 3.68. The molecule has 136 valence electrons. The second-order valence-corrected chi connectivity index (χ2v) is 7.39. The van der Waals surface area contributed by atoms with Crippen LogP contribution in [0.3, 0.4) is 0 Å². The van der Waals surface area contributed by atoms with Crippen LogP contribution in [0.4, 0.5) is 11.4 Å². The molecule has 0 fully saturated rings. The molecule has 0 aliphatic carbocycles. The quantitative estimate of drug-likeness (QED) is 0.718. The van der Waals surface area contributed by atoms with Crippen LogP contribution in [0.2, 0.25) is 0 Å². The molecular weight excluding hydrogens is 362 g/mol. The van der Waals surface area contributed by atoms with Crippen molar-refractivity contribution in [1.29, 1.82) is 0 Å². The molecule has 0 unspecified atom stereocenters. The maximum atomic E-state index is 12.8. The molecule has 7 heteroatoms. The first-order valence-corrected chi connectivity index (χ1v) is 9.28. The fraction of sp³-hybridized carbons (Fsp3) is 0.150. The average molecular weight is 379 g/mol. The Morgan fingerprint density at radius 3 is 2.78 bits per heavy atom. The van der Waals surface area contributed by atoms with Gasteiger partial charge >= 0.3 is 0 Å². The van der Waals surface area contributed by atoms with E-state index in [9.17, 15) is 9.59 Å². The third kappa shape index (κ3) is 3.41. The van der Waals surface area contributed by atoms with Crippen molar-refractivity contribution >= 4 is 34.5 Å². The zero-order valence-electron chi connectivity index (χ0n) is 14.8. The molecule has 1 aliphatic rings. The zero-order valence-corrected chi connectivity index (χ0v) is 15.6. The van der Waals surface area contributed by atoms with Crippen LogP contribution >= 0.6 is 11.3 Å². The summed E-state index contributed by atoms with van der Waals surface area (Å²) in [5.74, 6) is 0.130. The summed E-state index contributed by atoms with van der Waals surface area (Å²) in [6.45, 7) is 3.56. The third-order valence-electron chi connectivity index (χ3n) is 4.16. The molecule has 2 heterocycles. The van der Waals surface area contributed by atoms with Gasteiger partial charge in [-0.05, 0) is 32.0 Å². The van der Waals surface area contributed by atoms with Crippen LogP contribution in [0.5, 0.6) is 5.75 Å². The molecular formula is C20H17N3O3S. The first-order valence-electron chi connectivity index (χ1n) is 8.47. The van der Waals surface area contributed by atoms with Crippen molar-refractivity contribution in [3.8, 4) is 17.0 Å². The lowest BCUT2D eigenvalue weighted by atomic mass is 10.1. The number of nitrogens with zero attached hydrogens (tertiary/aromatic N) is 1. The van der Waals surface area contributed by atoms with Gasteiger partial charge in [-0.2, -0.15) is 0 Å². The predicted molar refractivity (Wildman–Crippen MR) is 105 cm³/mol. The van der Waals surface area contributed by atoms with Gasteiger partial charge in [0.05, 0.1) is 16.4 Å². The van der Waals surface area contributed by atoms with Gasteiger partial charge in [0.15, 0.2) is 6.10 Å². The number of aryl methyl sites for hydroxylation is 1. The Morgan fingerprint density at radius 2 is 2.00 bits per heavy atom. The molecule has 1 atom stereocenters. The monoisotopic (exact) mass is 379 g/mol. The summed E-state index contributed by atoms with van der Waals surface area (Å²) in [7, 11) is 0. The van der Waals surface area contributed by atoms with E-state index in [0.29, 0.717) is 27.7 Å². The Bertz CT molecular complexity index is 1030. The lowest BCUT2D eigenvalue weighted by Crippen LogP contribution is -2.34. The molecule has 0 saturated carbocycles. The van der Waals surface area contributed by atoms with Crippen molar-refractivity contribution in [1.82, 2.24) is 4.98 Å². The smallest absolute Gasteiger partial charge is 0.268 e. The number of rotatable bonds is 3. The van der Waals surface area contributed by atoms with Gasteiger partial charge in [0, 0.05) is 11.3 Å². The van der Waals surface area contributed by atoms with Crippen molar-refractivity contribution in [3.63, 3.8) is 0 Å². The highest BCUT2D eigenvalue weighted by atomic mass is 32.1. The van der Waals surface area contributed by atoms with Gasteiger partial charge in [-0.3, -0.25) is 9.59 Å². The van der Waals surface area contributed by atoms with Crippen LogP contribution in [0.15, 0.2) is 48.5 Å². The number of hydrogen-bond donors (Lipinski definition) is 2. The summed E-state index contributed by atoms with van der Waals surface area (Å²) in [4.78, 5) is 29.7. The number of benzene rings is 2. The van der Waals surface area contributed by atoms with Crippen LogP contribution in [0.25, 0.3) is 11.3 Å². The first-order chi connectivity index (χ1) is 13.0. The van der Waals surface area contributed by atoms with Gasteiger partial charge in [0.1, 0.15) is 10.6 Å². The summed E-state index contributed by atoms with van der Waals surface area (Å²) < 4.78 is 5.54. The number of hydrogen-bond acceptors (Lipinski definition) is 5. The van der Waals surface area contributed by atoms with Gasteiger partial charge in [0.2, 0.25) is 0 Å². The molecule has 4 rings (SSSR count). The molecule has 3 aromatic rings. The number of aromatic nitrogens is 1. The summed E-state index contributed by atoms with van der Waals surface area (Å²) in [5.41, 5.74) is 2.67. The summed E-state index contributed by atoms with van der Waals surface area (Å²) in [6.07, 6.45) is -0.536. The Labute approximate surface area is 160 Å². The molecule has 6 nitrogen and oxygen atoms in total. The third-order valence-corrected chi connectivity index (χ3v) is 5.13. The first kappa shape index (κ1) is 17.2. The van der Waals surface area contributed by atoms with E-state index in [1.54, 1.807) is 25.1 Å². The topological polar surface area (TPSA) is 80.3 Å². The van der Waals surface area contributed by atoms with Crippen molar-refractivity contribution < 1.29 is 14.3 Å². The number of nitrogens with one attached hydrogen (secondary N) is 2. The Morgan fingerprint density at radius 1 is 1.22 bits per heavy atom. The molecule has 27 heavy (non-hydrogen) atoms. The van der Waals surface area contributed by atoms with Gasteiger partial charge < -0.3 is 15.4 Å². The summed E-state index contributed by atoms with van der Waals surface area (Å²) in [6, 6.07) is 14.8. The second kappa shape index (κ2) is 6.85. The molecule has 0 radical (unpaired) electrons. The minimum Gasteiger partial charge on any atom is -0.479 e. The van der Waals surface area contributed by atoms with E-state index in [1.807, 2.05) is 37.3 Å². The number of ether oxygens (including phenoxy) is 1. The number of anilines is 2. The van der Waals surface area contributed by atoms with Gasteiger partial charge in [-0.1, -0.05) is 30.3 Å². The van der Waals surface area contributed by atoms with Crippen LogP contribution in [0.1, 0.15) is 21.6 Å². The molecule has 0 bridgehead atoms. The van der Waals surface area contributed by atoms with Crippen LogP contribution in [0, 0.1) is 6.92 Å². The average Bonchev–Trinajstić information content (AvgIpc) is 3.06. The molecule has 1 aromatic heterocycles. The van der Waals surface area contributed by atoms with E-state index in [0.717, 1.165) is 10.6 Å². The molecule has 1 aliphatic heterocycles. The van der Waals surface area contributed by atoms with Crippen molar-refractivity contribution in [2.24, 2.45) is 0 Å². The highest BCUT2D eigenvalue weighted by molar-refractivity contribution is 7.14. The van der Waals surface area contributed by atoms with E-state index >= 15 is 0 Å². The van der Waals surface area contributed by atoms with Gasteiger partial charge in [-0.15, -0.1) is 11.3 Å². The standard InChI is InChI=1S/C20H17N3O3S/c1-11-19(24)23-15-10-14(8-9-16(15)26-11)22-20(25)18-17(21-12(2)27-18)13-6-4-3-5-7-13/h3-11H,1-2H3,(H,22,25)(H,23,24)/t11-/m1/s1. The Hall–Kier alpha value is -3.19. The van der Waals surface area contributed by atoms with Crippen LogP contribution in [-0.4, -0.2) is 22.9 Å². The Kier molecular flexibility index (Phi) is 4.37. The minimum absolute atomic E-state index is 0.213. The van der Waals surface area contributed by atoms with Gasteiger partial charge in [-0.25, -0.2) is 4.98 Å². The normalized spacial score (nSPS) is 15.5. The minimum atomic E-state index is -0.536. The van der Waals surface area contributed by atoms with Crippen molar-refractivity contribution in [2.45, 2.75) is 20.0 Å². The molecule has 2 amide bonds. The van der Waals surface area contributed by atoms with Gasteiger partial charge in [0.25, 0.3) is 11.8 Å². The number of carbonyl (C=O) groups is 2. The molecule has 0 saturated heterocycles. The lowest BCUT2D eigenvalue weighted by Gasteiger charge is -2.23. The van der Waals surface area contributed by atoms with Crippen LogP contribution in [-0.2, 0) is 4.79 Å². The number of fused-ring (bicyclic) bond motifs is 1. The largest absolute Gasteiger partial charge is 0.479 e. The van der Waals surface area contributed by atoms with E-state index in [2.05, 4.69) is 15.6 Å².